The summed E-state index contributed by atoms with van der Waals surface area (Å²) in [6, 6.07) is 13.0. The fourth-order valence-electron chi connectivity index (χ4n) is 3.40. The smallest absolute Gasteiger partial charge is 0.337 e. The number of rotatable bonds is 10. The summed E-state index contributed by atoms with van der Waals surface area (Å²) < 4.78 is 5.16. The van der Waals surface area contributed by atoms with Gasteiger partial charge in [0.1, 0.15) is 4.32 Å². The van der Waals surface area contributed by atoms with Gasteiger partial charge in [0, 0.05) is 13.0 Å². The van der Waals surface area contributed by atoms with Gasteiger partial charge in [-0.1, -0.05) is 54.7 Å². The van der Waals surface area contributed by atoms with Crippen molar-refractivity contribution < 1.29 is 29.0 Å². The molecule has 3 rings (SSSR count). The lowest BCUT2D eigenvalue weighted by Crippen LogP contribution is -2.29. The molecule has 0 bridgehead atoms. The number of aromatic carboxylic acids is 1. The Kier molecular flexibility index (Phi) is 9.16. The summed E-state index contributed by atoms with van der Waals surface area (Å²) in [6.07, 6.45) is 3.96. The number of ether oxygens (including phenoxy) is 1. The number of amides is 2. The molecule has 0 unspecified atom stereocenters. The molecule has 1 saturated heterocycles. The highest BCUT2D eigenvalue weighted by molar-refractivity contribution is 8.26. The number of nitrogens with zero attached hydrogens (tertiary/aromatic N) is 1. The minimum absolute atomic E-state index is 0.0441. The monoisotopic (exact) mass is 512 g/mol. The standard InChI is InChI=1S/C25H24N2O6S2/c1-33-24(32)17-12-10-16(11-13-17)15-20-22(29)27(25(34)35-20)14-6-2-3-9-21(28)26-19-8-5-4-7-18(19)23(30)31/h4-5,7-8,10-13,15H,2-3,6,9,14H2,1H3,(H,26,28)(H,30,31). The Morgan fingerprint density at radius 2 is 1.80 bits per heavy atom. The number of para-hydroxylation sites is 1. The molecule has 2 aromatic carbocycles. The molecule has 0 aromatic heterocycles. The van der Waals surface area contributed by atoms with Gasteiger partial charge in [-0.3, -0.25) is 14.5 Å². The molecule has 2 amide bonds. The lowest BCUT2D eigenvalue weighted by molar-refractivity contribution is -0.122. The van der Waals surface area contributed by atoms with E-state index in [1.54, 1.807) is 53.4 Å². The fourth-order valence-corrected chi connectivity index (χ4v) is 4.71. The third kappa shape index (κ3) is 7.00. The molecule has 0 radical (unpaired) electrons. The maximum atomic E-state index is 12.8. The summed E-state index contributed by atoms with van der Waals surface area (Å²) in [5.74, 6) is -1.95. The van der Waals surface area contributed by atoms with Crippen LogP contribution in [0.1, 0.15) is 52.0 Å². The quantitative estimate of drug-likeness (QED) is 0.206. The van der Waals surface area contributed by atoms with Gasteiger partial charge in [-0.15, -0.1) is 0 Å². The number of esters is 1. The van der Waals surface area contributed by atoms with E-state index in [-0.39, 0.29) is 29.5 Å². The summed E-state index contributed by atoms with van der Waals surface area (Å²) in [4.78, 5) is 49.8. The van der Waals surface area contributed by atoms with Gasteiger partial charge in [-0.25, -0.2) is 9.59 Å². The van der Waals surface area contributed by atoms with Crippen molar-refractivity contribution in [3.05, 3.63) is 70.1 Å². The molecule has 10 heteroatoms. The second-order valence-electron chi connectivity index (χ2n) is 7.66. The predicted molar refractivity (Wildman–Crippen MR) is 138 cm³/mol. The largest absolute Gasteiger partial charge is 0.478 e. The molecule has 1 aliphatic heterocycles. The van der Waals surface area contributed by atoms with Crippen LogP contribution in [0.3, 0.4) is 0 Å². The number of carboxylic acids is 1. The van der Waals surface area contributed by atoms with Crippen molar-refractivity contribution in [3.8, 4) is 0 Å². The summed E-state index contributed by atoms with van der Waals surface area (Å²) in [6.45, 7) is 0.451. The maximum absolute atomic E-state index is 12.8. The van der Waals surface area contributed by atoms with Gasteiger partial charge in [0.2, 0.25) is 5.91 Å². The number of carboxylic acid groups (broad SMARTS) is 1. The Labute approximate surface area is 212 Å². The van der Waals surface area contributed by atoms with E-state index in [2.05, 4.69) is 10.1 Å². The first-order valence-corrected chi connectivity index (χ1v) is 12.1. The van der Waals surface area contributed by atoms with Crippen molar-refractivity contribution >= 4 is 63.8 Å². The van der Waals surface area contributed by atoms with E-state index < -0.39 is 11.9 Å². The summed E-state index contributed by atoms with van der Waals surface area (Å²) in [5.41, 5.74) is 1.52. The van der Waals surface area contributed by atoms with Crippen molar-refractivity contribution in [1.82, 2.24) is 4.90 Å². The van der Waals surface area contributed by atoms with Crippen LogP contribution in [-0.4, -0.2) is 51.7 Å². The number of hydrogen-bond donors (Lipinski definition) is 2. The van der Waals surface area contributed by atoms with Gasteiger partial charge in [-0.05, 0) is 48.7 Å². The molecule has 182 valence electrons. The summed E-state index contributed by atoms with van der Waals surface area (Å²) >= 11 is 6.59. The van der Waals surface area contributed by atoms with Gasteiger partial charge in [0.05, 0.1) is 28.8 Å². The Morgan fingerprint density at radius 1 is 1.09 bits per heavy atom. The van der Waals surface area contributed by atoms with Crippen LogP contribution >= 0.6 is 24.0 Å². The number of anilines is 1. The molecule has 0 atom stereocenters. The lowest BCUT2D eigenvalue weighted by Gasteiger charge is -2.14. The zero-order valence-corrected chi connectivity index (χ0v) is 20.6. The second-order valence-corrected chi connectivity index (χ2v) is 9.33. The van der Waals surface area contributed by atoms with E-state index in [4.69, 9.17) is 12.2 Å². The van der Waals surface area contributed by atoms with Crippen LogP contribution in [0.4, 0.5) is 5.69 Å². The van der Waals surface area contributed by atoms with Crippen molar-refractivity contribution in [2.75, 3.05) is 19.0 Å². The number of thiocarbonyl (C=S) groups is 1. The van der Waals surface area contributed by atoms with E-state index in [0.29, 0.717) is 40.6 Å². The number of hydrogen-bond acceptors (Lipinski definition) is 7. The average molecular weight is 513 g/mol. The van der Waals surface area contributed by atoms with Crippen molar-refractivity contribution in [2.24, 2.45) is 0 Å². The Balaban J connectivity index is 1.45. The normalized spacial score (nSPS) is 14.3. The van der Waals surface area contributed by atoms with Crippen LogP contribution < -0.4 is 5.32 Å². The number of benzene rings is 2. The Hall–Kier alpha value is -3.50. The lowest BCUT2D eigenvalue weighted by atomic mass is 10.1. The highest BCUT2D eigenvalue weighted by Crippen LogP contribution is 2.32. The molecule has 1 heterocycles. The maximum Gasteiger partial charge on any atom is 0.337 e. The molecule has 35 heavy (non-hydrogen) atoms. The molecule has 1 aliphatic rings. The van der Waals surface area contributed by atoms with Gasteiger partial charge < -0.3 is 15.2 Å². The van der Waals surface area contributed by atoms with E-state index in [1.165, 1.54) is 24.9 Å². The minimum Gasteiger partial charge on any atom is -0.478 e. The molecule has 0 aliphatic carbocycles. The first-order valence-electron chi connectivity index (χ1n) is 10.9. The molecular formula is C25H24N2O6S2. The van der Waals surface area contributed by atoms with E-state index >= 15 is 0 Å². The van der Waals surface area contributed by atoms with E-state index in [0.717, 1.165) is 5.56 Å². The second kappa shape index (κ2) is 12.3. The number of thioether (sulfide) groups is 1. The van der Waals surface area contributed by atoms with Crippen LogP contribution in [0.2, 0.25) is 0 Å². The van der Waals surface area contributed by atoms with Crippen LogP contribution in [0.5, 0.6) is 0 Å². The van der Waals surface area contributed by atoms with Gasteiger partial charge >= 0.3 is 11.9 Å². The third-order valence-electron chi connectivity index (χ3n) is 5.22. The number of nitrogens with one attached hydrogen (secondary N) is 1. The van der Waals surface area contributed by atoms with Gasteiger partial charge in [-0.2, -0.15) is 0 Å². The van der Waals surface area contributed by atoms with Crippen molar-refractivity contribution in [3.63, 3.8) is 0 Å². The molecule has 0 spiro atoms. The highest BCUT2D eigenvalue weighted by atomic mass is 32.2. The van der Waals surface area contributed by atoms with Crippen LogP contribution in [0.25, 0.3) is 6.08 Å². The average Bonchev–Trinajstić information content (AvgIpc) is 3.11. The van der Waals surface area contributed by atoms with Crippen LogP contribution in [0.15, 0.2) is 53.4 Å². The molecule has 2 aromatic rings. The van der Waals surface area contributed by atoms with Gasteiger partial charge in [0.25, 0.3) is 5.91 Å². The first-order chi connectivity index (χ1) is 16.8. The van der Waals surface area contributed by atoms with E-state index in [9.17, 15) is 24.3 Å². The molecular weight excluding hydrogens is 488 g/mol. The number of methoxy groups -OCH3 is 1. The van der Waals surface area contributed by atoms with Crippen LogP contribution in [0, 0.1) is 0 Å². The van der Waals surface area contributed by atoms with E-state index in [1.807, 2.05) is 0 Å². The zero-order chi connectivity index (χ0) is 25.4. The molecule has 1 fully saturated rings. The number of carbonyl (C=O) groups is 4. The highest BCUT2D eigenvalue weighted by Gasteiger charge is 2.31. The first kappa shape index (κ1) is 26.1. The van der Waals surface area contributed by atoms with Crippen molar-refractivity contribution in [2.45, 2.75) is 25.7 Å². The zero-order valence-electron chi connectivity index (χ0n) is 19.0. The third-order valence-corrected chi connectivity index (χ3v) is 6.60. The number of unbranched alkanes of at least 4 members (excludes halogenated alkanes) is 2. The fraction of sp³-hybridized carbons (Fsp3) is 0.240. The number of carbonyl (C=O) groups excluding carboxylic acids is 3. The predicted octanol–water partition coefficient (Wildman–Crippen LogP) is 4.57. The molecule has 8 nitrogen and oxygen atoms in total. The molecule has 2 N–H and O–H groups in total. The van der Waals surface area contributed by atoms with Crippen LogP contribution in [-0.2, 0) is 14.3 Å². The minimum atomic E-state index is -1.10. The topological polar surface area (TPSA) is 113 Å². The van der Waals surface area contributed by atoms with Gasteiger partial charge in [0.15, 0.2) is 0 Å². The van der Waals surface area contributed by atoms with Crippen molar-refractivity contribution in [1.29, 1.82) is 0 Å². The summed E-state index contributed by atoms with van der Waals surface area (Å²) in [7, 11) is 1.32. The molecule has 0 saturated carbocycles. The Morgan fingerprint density at radius 3 is 2.49 bits per heavy atom. The summed E-state index contributed by atoms with van der Waals surface area (Å²) in [5, 5.41) is 11.8. The SMILES string of the molecule is COC(=O)c1ccc(C=C2SC(=S)N(CCCCCC(=O)Nc3ccccc3C(=O)O)C2=O)cc1. The Bertz CT molecular complexity index is 1180.